The van der Waals surface area contributed by atoms with Crippen LogP contribution < -0.4 is 20.1 Å². The van der Waals surface area contributed by atoms with Crippen molar-refractivity contribution in [3.05, 3.63) is 88.6 Å². The lowest BCUT2D eigenvalue weighted by molar-refractivity contribution is -0.138. The van der Waals surface area contributed by atoms with Crippen molar-refractivity contribution in [3.8, 4) is 17.6 Å². The summed E-state index contributed by atoms with van der Waals surface area (Å²) in [7, 11) is 3.04. The minimum atomic E-state index is -0.743. The van der Waals surface area contributed by atoms with Crippen molar-refractivity contribution in [2.45, 2.75) is 12.8 Å². The highest BCUT2D eigenvalue weighted by molar-refractivity contribution is 8.03. The summed E-state index contributed by atoms with van der Waals surface area (Å²) in [4.78, 5) is 25.6. The highest BCUT2D eigenvalue weighted by atomic mass is 32.2. The number of hydrogen-bond donors (Lipinski definition) is 2. The number of rotatable bonds is 10. The number of nitriles is 1. The normalized spacial score (nSPS) is 14.9. The fourth-order valence-corrected chi connectivity index (χ4v) is 4.62. The molecule has 0 saturated carbocycles. The smallest absolute Gasteiger partial charge is 0.337 e. The van der Waals surface area contributed by atoms with E-state index in [0.717, 1.165) is 0 Å². The third-order valence-corrected chi connectivity index (χ3v) is 6.36. The van der Waals surface area contributed by atoms with Gasteiger partial charge in [-0.3, -0.25) is 4.79 Å². The monoisotopic (exact) mass is 505 g/mol. The molecule has 0 spiro atoms. The minimum Gasteiger partial charge on any atom is -0.493 e. The van der Waals surface area contributed by atoms with E-state index in [2.05, 4.69) is 23.3 Å². The van der Waals surface area contributed by atoms with Crippen molar-refractivity contribution < 1.29 is 23.8 Å². The third-order valence-electron chi connectivity index (χ3n) is 5.35. The maximum Gasteiger partial charge on any atom is 0.337 e. The van der Waals surface area contributed by atoms with E-state index >= 15 is 0 Å². The third kappa shape index (κ3) is 6.09. The van der Waals surface area contributed by atoms with Gasteiger partial charge >= 0.3 is 5.97 Å². The summed E-state index contributed by atoms with van der Waals surface area (Å²) in [5.74, 6) is -0.505. The van der Waals surface area contributed by atoms with Gasteiger partial charge in [0.05, 0.1) is 48.1 Å². The quantitative estimate of drug-likeness (QED) is 0.359. The molecule has 3 rings (SSSR count). The molecule has 1 unspecified atom stereocenters. The largest absolute Gasteiger partial charge is 0.493 e. The van der Waals surface area contributed by atoms with Gasteiger partial charge in [-0.1, -0.05) is 48.7 Å². The summed E-state index contributed by atoms with van der Waals surface area (Å²) < 4.78 is 16.1. The number of nitrogens with one attached hydrogen (secondary N) is 2. The number of esters is 1. The topological polar surface area (TPSA) is 110 Å². The highest BCUT2D eigenvalue weighted by Gasteiger charge is 2.36. The molecule has 8 nitrogen and oxygen atoms in total. The number of para-hydroxylation sites is 1. The summed E-state index contributed by atoms with van der Waals surface area (Å²) in [6.07, 6.45) is 1.48. The second kappa shape index (κ2) is 12.5. The van der Waals surface area contributed by atoms with E-state index in [1.54, 1.807) is 37.3 Å². The van der Waals surface area contributed by atoms with Gasteiger partial charge in [-0.2, -0.15) is 5.26 Å². The Kier molecular flexibility index (Phi) is 9.19. The van der Waals surface area contributed by atoms with E-state index in [4.69, 9.17) is 14.2 Å². The lowest BCUT2D eigenvalue weighted by atomic mass is 9.82. The van der Waals surface area contributed by atoms with Gasteiger partial charge < -0.3 is 24.8 Å². The number of ether oxygens (including phenoxy) is 3. The molecular formula is C27H27N3O5S. The molecule has 0 radical (unpaired) electrons. The van der Waals surface area contributed by atoms with E-state index in [9.17, 15) is 14.9 Å². The molecule has 2 aromatic carbocycles. The van der Waals surface area contributed by atoms with E-state index in [0.29, 0.717) is 39.0 Å². The molecule has 1 heterocycles. The molecule has 2 aromatic rings. The van der Waals surface area contributed by atoms with Gasteiger partial charge in [0.2, 0.25) is 5.91 Å². The Morgan fingerprint density at radius 3 is 2.53 bits per heavy atom. The number of allylic oxidation sites excluding steroid dienone is 2. The van der Waals surface area contributed by atoms with Crippen molar-refractivity contribution in [1.29, 1.82) is 5.26 Å². The van der Waals surface area contributed by atoms with Crippen molar-refractivity contribution in [3.63, 3.8) is 0 Å². The highest BCUT2D eigenvalue weighted by Crippen LogP contribution is 2.43. The van der Waals surface area contributed by atoms with Crippen molar-refractivity contribution in [1.82, 2.24) is 5.32 Å². The molecule has 0 fully saturated rings. The lowest BCUT2D eigenvalue weighted by Gasteiger charge is -2.29. The SMILES string of the molecule is C=CCOC(=O)C1=C(C)NC(SCC(=O)Nc2ccccc2)=C(C#N)C1c1ccc(OC)c(OC)c1. The second-order valence-corrected chi connectivity index (χ2v) is 8.64. The first kappa shape index (κ1) is 26.4. The second-order valence-electron chi connectivity index (χ2n) is 7.66. The molecule has 36 heavy (non-hydrogen) atoms. The van der Waals surface area contributed by atoms with Gasteiger partial charge in [-0.15, -0.1) is 0 Å². The van der Waals surface area contributed by atoms with Crippen LogP contribution in [0.15, 0.2) is 83.1 Å². The summed E-state index contributed by atoms with van der Waals surface area (Å²) in [6, 6.07) is 16.6. The van der Waals surface area contributed by atoms with Crippen molar-refractivity contribution in [2.24, 2.45) is 0 Å². The Morgan fingerprint density at radius 2 is 1.89 bits per heavy atom. The number of dihydropyridines is 1. The Hall–Kier alpha value is -4.16. The van der Waals surface area contributed by atoms with Crippen LogP contribution in [0.5, 0.6) is 11.5 Å². The van der Waals surface area contributed by atoms with E-state index in [-0.39, 0.29) is 23.8 Å². The van der Waals surface area contributed by atoms with E-state index < -0.39 is 11.9 Å². The molecule has 1 atom stereocenters. The fourth-order valence-electron chi connectivity index (χ4n) is 3.73. The first-order valence-electron chi connectivity index (χ1n) is 11.0. The molecule has 2 N–H and O–H groups in total. The standard InChI is InChI=1S/C27H27N3O5S/c1-5-13-35-27(32)24-17(2)29-26(36-16-23(31)30-19-9-7-6-8-10-19)20(15-28)25(24)18-11-12-21(33-3)22(14-18)34-4/h5-12,14,25,29H,1,13,16H2,2-4H3,(H,30,31). The number of thioether (sulfide) groups is 1. The molecule has 186 valence electrons. The van der Waals surface area contributed by atoms with Crippen LogP contribution >= 0.6 is 11.8 Å². The van der Waals surface area contributed by atoms with Gasteiger partial charge in [-0.05, 0) is 36.8 Å². The average Bonchev–Trinajstić information content (AvgIpc) is 2.90. The predicted molar refractivity (Wildman–Crippen MR) is 139 cm³/mol. The Morgan fingerprint density at radius 1 is 1.17 bits per heavy atom. The number of carbonyl (C=O) groups is 2. The number of amides is 1. The number of hydrogen-bond acceptors (Lipinski definition) is 8. The Labute approximate surface area is 214 Å². The maximum absolute atomic E-state index is 13.0. The van der Waals surface area contributed by atoms with Crippen LogP contribution in [0.2, 0.25) is 0 Å². The zero-order chi connectivity index (χ0) is 26.1. The first-order chi connectivity index (χ1) is 17.4. The van der Waals surface area contributed by atoms with E-state index in [1.807, 2.05) is 18.2 Å². The Balaban J connectivity index is 1.98. The van der Waals surface area contributed by atoms with Crippen LogP contribution in [0.25, 0.3) is 0 Å². The van der Waals surface area contributed by atoms with Crippen LogP contribution in [0.1, 0.15) is 18.4 Å². The van der Waals surface area contributed by atoms with Crippen LogP contribution in [0.3, 0.4) is 0 Å². The average molecular weight is 506 g/mol. The zero-order valence-electron chi connectivity index (χ0n) is 20.3. The lowest BCUT2D eigenvalue weighted by Crippen LogP contribution is -2.29. The van der Waals surface area contributed by atoms with E-state index in [1.165, 1.54) is 32.1 Å². The van der Waals surface area contributed by atoms with Gasteiger partial charge in [0.25, 0.3) is 0 Å². The van der Waals surface area contributed by atoms with Crippen LogP contribution in [-0.2, 0) is 14.3 Å². The number of nitrogens with zero attached hydrogens (tertiary/aromatic N) is 1. The number of methoxy groups -OCH3 is 2. The summed E-state index contributed by atoms with van der Waals surface area (Å²) in [5, 5.41) is 16.6. The van der Waals surface area contributed by atoms with Gasteiger partial charge in [0, 0.05) is 11.4 Å². The fraction of sp³-hybridized carbons (Fsp3) is 0.222. The maximum atomic E-state index is 13.0. The first-order valence-corrected chi connectivity index (χ1v) is 12.0. The predicted octanol–water partition coefficient (Wildman–Crippen LogP) is 4.50. The Bertz CT molecular complexity index is 1250. The summed E-state index contributed by atoms with van der Waals surface area (Å²) >= 11 is 1.18. The van der Waals surface area contributed by atoms with Gasteiger partial charge in [0.15, 0.2) is 11.5 Å². The molecule has 0 bridgehead atoms. The molecule has 1 amide bonds. The van der Waals surface area contributed by atoms with Crippen LogP contribution in [0, 0.1) is 11.3 Å². The molecule has 0 saturated heterocycles. The summed E-state index contributed by atoms with van der Waals surface area (Å²) in [6.45, 7) is 5.35. The number of benzene rings is 2. The molecule has 0 aliphatic carbocycles. The molecule has 0 aromatic heterocycles. The van der Waals surface area contributed by atoms with Crippen LogP contribution in [-0.4, -0.2) is 38.5 Å². The number of carbonyl (C=O) groups excluding carboxylic acids is 2. The van der Waals surface area contributed by atoms with Crippen molar-refractivity contribution in [2.75, 3.05) is 31.9 Å². The molecule has 1 aliphatic heterocycles. The molecule has 1 aliphatic rings. The van der Waals surface area contributed by atoms with Crippen molar-refractivity contribution >= 4 is 29.3 Å². The van der Waals surface area contributed by atoms with Crippen LogP contribution in [0.4, 0.5) is 5.69 Å². The van der Waals surface area contributed by atoms with Gasteiger partial charge in [0.1, 0.15) is 6.61 Å². The number of anilines is 1. The van der Waals surface area contributed by atoms with Gasteiger partial charge in [-0.25, -0.2) is 4.79 Å². The molecular weight excluding hydrogens is 478 g/mol. The minimum absolute atomic E-state index is 0.0289. The molecule has 9 heteroatoms. The summed E-state index contributed by atoms with van der Waals surface area (Å²) in [5.41, 5.74) is 2.42. The zero-order valence-corrected chi connectivity index (χ0v) is 21.1.